The molecule has 0 nitrogen and oxygen atoms in total. The van der Waals surface area contributed by atoms with Crippen LogP contribution >= 0.6 is 17.0 Å². The van der Waals surface area contributed by atoms with Gasteiger partial charge >= 0.3 is 37.9 Å². The van der Waals surface area contributed by atoms with Crippen molar-refractivity contribution in [1.82, 2.24) is 0 Å². The molecule has 47 heavy (non-hydrogen) atoms. The molecule has 0 aliphatic heterocycles. The first-order valence-corrected chi connectivity index (χ1v) is 25.0. The first-order chi connectivity index (χ1) is 22.6. The van der Waals surface area contributed by atoms with Crippen molar-refractivity contribution in [3.63, 3.8) is 0 Å². The molecule has 0 bridgehead atoms. The maximum atomic E-state index is 4.93. The predicted octanol–water partition coefficient (Wildman–Crippen LogP) is 14.5. The first kappa shape index (κ1) is 39.2. The van der Waals surface area contributed by atoms with Gasteiger partial charge in [0, 0.05) is 9.52 Å². The van der Waals surface area contributed by atoms with Crippen LogP contribution in [0.5, 0.6) is 0 Å². The van der Waals surface area contributed by atoms with Crippen LogP contribution in [0, 0.1) is 0 Å². The summed E-state index contributed by atoms with van der Waals surface area (Å²) >= 11 is -0.826. The van der Waals surface area contributed by atoms with Gasteiger partial charge in [0.1, 0.15) is 0 Å². The minimum atomic E-state index is -0.826. The number of benzene rings is 4. The fourth-order valence-corrected chi connectivity index (χ4v) is 5.69. The molecule has 6 aromatic carbocycles. The van der Waals surface area contributed by atoms with E-state index in [2.05, 4.69) is 171 Å². The summed E-state index contributed by atoms with van der Waals surface area (Å²) in [6.45, 7) is 20.0. The summed E-state index contributed by atoms with van der Waals surface area (Å²) in [5, 5.41) is 5.46. The van der Waals surface area contributed by atoms with Gasteiger partial charge in [0.15, 0.2) is 0 Å². The van der Waals surface area contributed by atoms with Crippen molar-refractivity contribution >= 4 is 48.1 Å². The molecule has 0 aromatic heterocycles. The standard InChI is InChI=1S/C21H23.C20H21.C2H6Si.2ClH.Zr/c1-14(2)16-8-10-17(11-9-16)20-7-5-6-18-12-19(15(3)4)13-21(18)20;1-4-15-12-18-6-5-7-19(20(18)13-15)17-10-8-16(9-11-17)14(2)3;1-3-2;;;/h5-15H,1-4H3;5-14H,4H2,1-3H3;1-2H3;2*1H;/q2*-1;;;;+4/p-2. The van der Waals surface area contributed by atoms with Crippen LogP contribution in [0.1, 0.15) is 88.5 Å². The van der Waals surface area contributed by atoms with Crippen LogP contribution in [-0.4, -0.2) is 9.52 Å². The molecule has 0 aliphatic rings. The first-order valence-electron chi connectivity index (χ1n) is 16.7. The molecule has 0 saturated heterocycles. The van der Waals surface area contributed by atoms with Gasteiger partial charge < -0.3 is 0 Å². The van der Waals surface area contributed by atoms with Crippen LogP contribution < -0.4 is 0 Å². The third-order valence-electron chi connectivity index (χ3n) is 8.44. The van der Waals surface area contributed by atoms with Gasteiger partial charge in [0.05, 0.1) is 0 Å². The third kappa shape index (κ3) is 10.9. The Kier molecular flexibility index (Phi) is 16.4. The normalized spacial score (nSPS) is 10.7. The van der Waals surface area contributed by atoms with Gasteiger partial charge in [-0.2, -0.15) is 12.1 Å². The van der Waals surface area contributed by atoms with E-state index in [1.807, 2.05) is 0 Å². The zero-order valence-electron chi connectivity index (χ0n) is 29.6. The monoisotopic (exact) mass is 754 g/mol. The van der Waals surface area contributed by atoms with Crippen molar-refractivity contribution in [3.8, 4) is 22.3 Å². The number of aryl methyl sites for hydroxylation is 1. The second-order valence-electron chi connectivity index (χ2n) is 12.9. The molecule has 6 rings (SSSR count). The molecule has 6 aromatic rings. The van der Waals surface area contributed by atoms with Crippen LogP contribution in [0.15, 0.2) is 109 Å². The SMILES string of the molecule is CC(C)c1ccc(-c2cccc3[cH-]c(C(C)C)cc23)cc1.CCc1cc2c(-c3ccc(C(C)C)cc3)cccc2[cH-]1.C[Si]C.[Cl][Zr+2][Cl]. The average Bonchev–Trinajstić information content (AvgIpc) is 3.71. The molecule has 0 heterocycles. The summed E-state index contributed by atoms with van der Waals surface area (Å²) in [7, 11) is 11.0. The van der Waals surface area contributed by atoms with Gasteiger partial charge in [-0.25, -0.2) is 0 Å². The van der Waals surface area contributed by atoms with Gasteiger partial charge in [-0.3, -0.25) is 0 Å². The summed E-state index contributed by atoms with van der Waals surface area (Å²) < 4.78 is 0. The van der Waals surface area contributed by atoms with E-state index in [-0.39, 0.29) is 0 Å². The summed E-state index contributed by atoms with van der Waals surface area (Å²) in [5.41, 5.74) is 11.0. The molecule has 0 atom stereocenters. The molecule has 0 N–H and O–H groups in total. The Bertz CT molecular complexity index is 1770. The molecule has 244 valence electrons. The van der Waals surface area contributed by atoms with Gasteiger partial charge in [0.25, 0.3) is 0 Å². The average molecular weight is 757 g/mol. The zero-order chi connectivity index (χ0) is 34.5. The summed E-state index contributed by atoms with van der Waals surface area (Å²) in [6, 6.07) is 40.6. The molecule has 0 fully saturated rings. The van der Waals surface area contributed by atoms with Crippen molar-refractivity contribution in [1.29, 1.82) is 0 Å². The fraction of sp³-hybridized carbons (Fsp3) is 0.302. The van der Waals surface area contributed by atoms with Gasteiger partial charge in [0.2, 0.25) is 0 Å². The summed E-state index contributed by atoms with van der Waals surface area (Å²) in [4.78, 5) is 0. The van der Waals surface area contributed by atoms with Crippen LogP contribution in [-0.2, 0) is 27.3 Å². The van der Waals surface area contributed by atoms with E-state index < -0.39 is 20.8 Å². The van der Waals surface area contributed by atoms with Crippen LogP contribution in [0.25, 0.3) is 43.8 Å². The molecular weight excluding hydrogens is 707 g/mol. The van der Waals surface area contributed by atoms with E-state index in [0.717, 1.165) is 15.9 Å². The quantitative estimate of drug-likeness (QED) is 0.117. The minimum absolute atomic E-state index is 0.577. The molecule has 4 heteroatoms. The number of hydrogen-bond acceptors (Lipinski definition) is 0. The summed E-state index contributed by atoms with van der Waals surface area (Å²) in [6.07, 6.45) is 1.10. The van der Waals surface area contributed by atoms with Crippen molar-refractivity contribution in [3.05, 3.63) is 131 Å². The predicted molar refractivity (Wildman–Crippen MR) is 211 cm³/mol. The molecule has 0 saturated carbocycles. The van der Waals surface area contributed by atoms with Crippen LogP contribution in [0.2, 0.25) is 13.1 Å². The van der Waals surface area contributed by atoms with Gasteiger partial charge in [-0.1, -0.05) is 133 Å². The van der Waals surface area contributed by atoms with Crippen molar-refractivity contribution in [2.24, 2.45) is 0 Å². The Hall–Kier alpha value is -2.22. The Labute approximate surface area is 306 Å². The molecule has 0 aliphatic carbocycles. The summed E-state index contributed by atoms with van der Waals surface area (Å²) in [5.74, 6) is 1.75. The molecular formula is C43H50Cl2SiZr. The van der Waals surface area contributed by atoms with Crippen molar-refractivity contribution in [2.45, 2.75) is 85.7 Å². The van der Waals surface area contributed by atoms with E-state index in [1.165, 1.54) is 66.1 Å². The maximum absolute atomic E-state index is 4.93. The second-order valence-corrected chi connectivity index (χ2v) is 17.6. The third-order valence-corrected chi connectivity index (χ3v) is 8.44. The van der Waals surface area contributed by atoms with E-state index >= 15 is 0 Å². The number of rotatable bonds is 6. The van der Waals surface area contributed by atoms with E-state index in [1.54, 1.807) is 0 Å². The number of hydrogen-bond donors (Lipinski definition) is 0. The molecule has 0 unspecified atom stereocenters. The number of fused-ring (bicyclic) bond motifs is 2. The Morgan fingerprint density at radius 2 is 1.00 bits per heavy atom. The zero-order valence-corrected chi connectivity index (χ0v) is 34.6. The molecule has 0 spiro atoms. The van der Waals surface area contributed by atoms with Crippen molar-refractivity contribution in [2.75, 3.05) is 0 Å². The molecule has 0 amide bonds. The van der Waals surface area contributed by atoms with Crippen molar-refractivity contribution < 1.29 is 20.8 Å². The van der Waals surface area contributed by atoms with Crippen LogP contribution in [0.3, 0.4) is 0 Å². The Morgan fingerprint density at radius 1 is 0.596 bits per heavy atom. The topological polar surface area (TPSA) is 0 Å². The van der Waals surface area contributed by atoms with E-state index in [9.17, 15) is 0 Å². The number of halogens is 2. The van der Waals surface area contributed by atoms with Gasteiger partial charge in [-0.05, 0) is 46.4 Å². The fourth-order valence-electron chi connectivity index (χ4n) is 5.69. The van der Waals surface area contributed by atoms with E-state index in [0.29, 0.717) is 17.8 Å². The van der Waals surface area contributed by atoms with Gasteiger partial charge in [-0.15, -0.1) is 69.1 Å². The Balaban J connectivity index is 0.000000219. The molecule has 2 radical (unpaired) electrons. The second kappa shape index (κ2) is 19.7. The Morgan fingerprint density at radius 3 is 1.38 bits per heavy atom. The van der Waals surface area contributed by atoms with E-state index in [4.69, 9.17) is 17.0 Å². The van der Waals surface area contributed by atoms with Crippen LogP contribution in [0.4, 0.5) is 0 Å².